The molecule has 1 aliphatic heterocycles. The molecule has 1 saturated heterocycles. The normalized spacial score (nSPS) is 27.4. The molecule has 2 aliphatic rings. The molecule has 5 heteroatoms. The van der Waals surface area contributed by atoms with Crippen molar-refractivity contribution >= 4 is 11.6 Å². The summed E-state index contributed by atoms with van der Waals surface area (Å²) in [6.45, 7) is 3.06. The fraction of sp³-hybridized carbons (Fsp3) is 0.609. The van der Waals surface area contributed by atoms with E-state index in [9.17, 15) is 0 Å². The first-order valence-electron chi connectivity index (χ1n) is 10.6. The van der Waals surface area contributed by atoms with E-state index < -0.39 is 0 Å². The Labute approximate surface area is 173 Å². The minimum Gasteiger partial charge on any atom is -0.496 e. The van der Waals surface area contributed by atoms with E-state index in [0.717, 1.165) is 37.5 Å². The second-order valence-electron chi connectivity index (χ2n) is 8.41. The molecule has 1 aromatic heterocycles. The predicted molar refractivity (Wildman–Crippen MR) is 112 cm³/mol. The van der Waals surface area contributed by atoms with E-state index in [1.807, 2.05) is 10.9 Å². The fourth-order valence-corrected chi connectivity index (χ4v) is 5.29. The highest BCUT2D eigenvalue weighted by Crippen LogP contribution is 2.39. The summed E-state index contributed by atoms with van der Waals surface area (Å²) in [6, 6.07) is 6.45. The van der Waals surface area contributed by atoms with Gasteiger partial charge in [-0.2, -0.15) is 5.10 Å². The predicted octanol–water partition coefficient (Wildman–Crippen LogP) is 5.31. The number of ether oxygens (including phenoxy) is 2. The van der Waals surface area contributed by atoms with Gasteiger partial charge in [-0.25, -0.2) is 0 Å². The molecule has 0 saturated carbocycles. The number of halogens is 1. The summed E-state index contributed by atoms with van der Waals surface area (Å²) in [5, 5.41) is 5.07. The number of aromatic nitrogens is 2. The average Bonchev–Trinajstić information content (AvgIpc) is 3.09. The number of rotatable bonds is 5. The van der Waals surface area contributed by atoms with Gasteiger partial charge in [-0.1, -0.05) is 43.5 Å². The van der Waals surface area contributed by atoms with Crippen LogP contribution in [0.3, 0.4) is 0 Å². The van der Waals surface area contributed by atoms with Crippen molar-refractivity contribution in [2.24, 2.45) is 11.8 Å². The van der Waals surface area contributed by atoms with Crippen molar-refractivity contribution in [2.75, 3.05) is 7.11 Å². The molecular weight excluding hydrogens is 372 g/mol. The average molecular weight is 403 g/mol. The summed E-state index contributed by atoms with van der Waals surface area (Å²) in [5.74, 6) is 2.32. The molecule has 152 valence electrons. The summed E-state index contributed by atoms with van der Waals surface area (Å²) in [4.78, 5) is 0. The van der Waals surface area contributed by atoms with Crippen molar-refractivity contribution in [1.29, 1.82) is 0 Å². The molecule has 0 amide bonds. The second kappa shape index (κ2) is 8.87. The Balaban J connectivity index is 1.56. The van der Waals surface area contributed by atoms with Crippen molar-refractivity contribution in [1.82, 2.24) is 9.78 Å². The lowest BCUT2D eigenvalue weighted by atomic mass is 9.76. The van der Waals surface area contributed by atoms with Crippen LogP contribution in [0, 0.1) is 11.8 Å². The Morgan fingerprint density at radius 1 is 1.29 bits per heavy atom. The molecule has 4 atom stereocenters. The van der Waals surface area contributed by atoms with E-state index >= 15 is 0 Å². The second-order valence-corrected chi connectivity index (χ2v) is 8.85. The van der Waals surface area contributed by atoms with Crippen molar-refractivity contribution < 1.29 is 9.47 Å². The third kappa shape index (κ3) is 4.38. The van der Waals surface area contributed by atoms with E-state index in [1.54, 1.807) is 13.3 Å². The van der Waals surface area contributed by atoms with Crippen LogP contribution < -0.4 is 4.74 Å². The number of benzene rings is 1. The SMILES string of the molecule is CCCC1CCC2Cc3cccc(OC)c3C[C@H]2O[C@@H](Cn2cc(Cl)cn2)C1. The highest BCUT2D eigenvalue weighted by Gasteiger charge is 2.35. The van der Waals surface area contributed by atoms with Gasteiger partial charge < -0.3 is 9.47 Å². The van der Waals surface area contributed by atoms with Crippen LogP contribution in [-0.4, -0.2) is 29.1 Å². The molecule has 1 fully saturated rings. The molecule has 0 radical (unpaired) electrons. The van der Waals surface area contributed by atoms with Crippen LogP contribution in [0.5, 0.6) is 5.75 Å². The summed E-state index contributed by atoms with van der Waals surface area (Å²) < 4.78 is 14.4. The van der Waals surface area contributed by atoms with Crippen LogP contribution in [0.4, 0.5) is 0 Å². The molecule has 1 aromatic carbocycles. The van der Waals surface area contributed by atoms with Gasteiger partial charge in [0.1, 0.15) is 5.75 Å². The maximum absolute atomic E-state index is 6.78. The lowest BCUT2D eigenvalue weighted by Gasteiger charge is -2.39. The van der Waals surface area contributed by atoms with E-state index in [-0.39, 0.29) is 12.2 Å². The van der Waals surface area contributed by atoms with E-state index in [2.05, 4.69) is 30.2 Å². The lowest BCUT2D eigenvalue weighted by molar-refractivity contribution is -0.0780. The first-order chi connectivity index (χ1) is 13.7. The van der Waals surface area contributed by atoms with Gasteiger partial charge in [-0.15, -0.1) is 0 Å². The zero-order valence-electron chi connectivity index (χ0n) is 16.9. The quantitative estimate of drug-likeness (QED) is 0.679. The number of hydrogen-bond acceptors (Lipinski definition) is 3. The summed E-state index contributed by atoms with van der Waals surface area (Å²) in [6.07, 6.45) is 12.2. The van der Waals surface area contributed by atoms with Gasteiger partial charge in [-0.05, 0) is 54.7 Å². The number of nitrogens with zero attached hydrogens (tertiary/aromatic N) is 2. The van der Waals surface area contributed by atoms with E-state index in [1.165, 1.54) is 36.8 Å². The van der Waals surface area contributed by atoms with Crippen LogP contribution >= 0.6 is 11.6 Å². The Kier molecular flexibility index (Phi) is 6.27. The summed E-state index contributed by atoms with van der Waals surface area (Å²) >= 11 is 6.08. The zero-order valence-corrected chi connectivity index (χ0v) is 17.7. The first-order valence-corrected chi connectivity index (χ1v) is 11.0. The van der Waals surface area contributed by atoms with Crippen LogP contribution in [0.2, 0.25) is 5.02 Å². The van der Waals surface area contributed by atoms with Crippen LogP contribution in [-0.2, 0) is 24.1 Å². The fourth-order valence-electron chi connectivity index (χ4n) is 5.13. The third-order valence-corrected chi connectivity index (χ3v) is 6.66. The monoisotopic (exact) mass is 402 g/mol. The summed E-state index contributed by atoms with van der Waals surface area (Å²) in [7, 11) is 1.76. The van der Waals surface area contributed by atoms with E-state index in [0.29, 0.717) is 10.9 Å². The molecule has 0 bridgehead atoms. The smallest absolute Gasteiger partial charge is 0.122 e. The lowest BCUT2D eigenvalue weighted by Crippen LogP contribution is -2.40. The Bertz CT molecular complexity index is 791. The summed E-state index contributed by atoms with van der Waals surface area (Å²) in [5.41, 5.74) is 2.77. The van der Waals surface area contributed by atoms with Gasteiger partial charge in [-0.3, -0.25) is 4.68 Å². The molecule has 0 spiro atoms. The van der Waals surface area contributed by atoms with Gasteiger partial charge >= 0.3 is 0 Å². The Hall–Kier alpha value is -1.52. The van der Waals surface area contributed by atoms with Crippen molar-refractivity contribution in [3.63, 3.8) is 0 Å². The maximum Gasteiger partial charge on any atom is 0.122 e. The van der Waals surface area contributed by atoms with Crippen molar-refractivity contribution in [2.45, 2.75) is 70.6 Å². The maximum atomic E-state index is 6.78. The van der Waals surface area contributed by atoms with Crippen molar-refractivity contribution in [3.05, 3.63) is 46.7 Å². The highest BCUT2D eigenvalue weighted by atomic mass is 35.5. The topological polar surface area (TPSA) is 36.3 Å². The minimum absolute atomic E-state index is 0.177. The molecule has 1 aliphatic carbocycles. The third-order valence-electron chi connectivity index (χ3n) is 6.46. The van der Waals surface area contributed by atoms with Gasteiger partial charge in [0.25, 0.3) is 0 Å². The van der Waals surface area contributed by atoms with E-state index in [4.69, 9.17) is 21.1 Å². The van der Waals surface area contributed by atoms with Gasteiger partial charge in [0.05, 0.1) is 37.1 Å². The van der Waals surface area contributed by atoms with Gasteiger partial charge in [0, 0.05) is 12.6 Å². The van der Waals surface area contributed by atoms with Crippen LogP contribution in [0.1, 0.15) is 50.2 Å². The van der Waals surface area contributed by atoms with Crippen LogP contribution in [0.25, 0.3) is 0 Å². The zero-order chi connectivity index (χ0) is 19.5. The molecule has 0 N–H and O–H groups in total. The molecular formula is C23H31ClN2O2. The molecule has 4 nitrogen and oxygen atoms in total. The molecule has 4 rings (SSSR count). The minimum atomic E-state index is 0.177. The first kappa shape index (κ1) is 19.8. The van der Waals surface area contributed by atoms with Gasteiger partial charge in [0.15, 0.2) is 0 Å². The van der Waals surface area contributed by atoms with Crippen molar-refractivity contribution in [3.8, 4) is 5.75 Å². The standard InChI is InChI=1S/C23H31ClN2O2/c1-3-5-16-8-9-18-11-17-6-4-7-22(27-2)21(17)12-23(18)28-20(10-16)15-26-14-19(24)13-25-26/h4,6-7,13-14,16,18,20,23H,3,5,8-12,15H2,1-2H3/t16?,18?,20-,23-/m1/s1. The number of methoxy groups -OCH3 is 1. The number of fused-ring (bicyclic) bond motifs is 2. The molecule has 2 aromatic rings. The Morgan fingerprint density at radius 2 is 2.18 bits per heavy atom. The van der Waals surface area contributed by atoms with Crippen LogP contribution in [0.15, 0.2) is 30.6 Å². The number of hydrogen-bond donors (Lipinski definition) is 0. The molecule has 2 heterocycles. The Morgan fingerprint density at radius 3 is 2.93 bits per heavy atom. The van der Waals surface area contributed by atoms with Gasteiger partial charge in [0.2, 0.25) is 0 Å². The highest BCUT2D eigenvalue weighted by molar-refractivity contribution is 6.30. The molecule has 2 unspecified atom stereocenters. The molecule has 28 heavy (non-hydrogen) atoms. The largest absolute Gasteiger partial charge is 0.496 e.